The molecule has 1 fully saturated rings. The highest BCUT2D eigenvalue weighted by atomic mass is 16.5. The smallest absolute Gasteiger partial charge is 0.158 e. The van der Waals surface area contributed by atoms with Crippen molar-refractivity contribution in [3.8, 4) is 28.8 Å². The summed E-state index contributed by atoms with van der Waals surface area (Å²) in [4.78, 5) is 12.3. The Morgan fingerprint density at radius 3 is 2.63 bits per heavy atom. The molecule has 11 heteroatoms. The fourth-order valence-electron chi connectivity index (χ4n) is 3.00. The number of pyridine rings is 1. The second-order valence-electron chi connectivity index (χ2n) is 6.87. The Morgan fingerprint density at radius 1 is 1.20 bits per heavy atom. The minimum Gasteiger partial charge on any atom is -0.494 e. The maximum Gasteiger partial charge on any atom is 0.158 e. The van der Waals surface area contributed by atoms with Gasteiger partial charge in [0.2, 0.25) is 0 Å². The van der Waals surface area contributed by atoms with Gasteiger partial charge in [0.1, 0.15) is 29.3 Å². The predicted octanol–water partition coefficient (Wildman–Crippen LogP) is 0.987. The van der Waals surface area contributed by atoms with Crippen LogP contribution < -0.4 is 20.1 Å². The monoisotopic (exact) mass is 408 g/mol. The lowest BCUT2D eigenvalue weighted by Gasteiger charge is -2.42. The van der Waals surface area contributed by atoms with Crippen LogP contribution in [0.3, 0.4) is 0 Å². The zero-order valence-electron chi connectivity index (χ0n) is 16.4. The summed E-state index contributed by atoms with van der Waals surface area (Å²) in [5.74, 6) is 1.88. The van der Waals surface area contributed by atoms with Gasteiger partial charge >= 0.3 is 0 Å². The molecule has 154 valence electrons. The molecule has 0 spiro atoms. The molecule has 11 nitrogen and oxygen atoms in total. The molecular weight excluding hydrogens is 388 g/mol. The third-order valence-corrected chi connectivity index (χ3v) is 4.89. The maximum atomic E-state index is 10.5. The highest BCUT2D eigenvalue weighted by Crippen LogP contribution is 2.38. The van der Waals surface area contributed by atoms with E-state index in [1.807, 2.05) is 13.0 Å². The number of ether oxygens (including phenoxy) is 2. The number of methoxy groups -OCH3 is 1. The van der Waals surface area contributed by atoms with Gasteiger partial charge in [-0.25, -0.2) is 9.97 Å². The van der Waals surface area contributed by atoms with E-state index in [0.717, 1.165) is 0 Å². The quantitative estimate of drug-likeness (QED) is 0.445. The number of hydrogen-bond donors (Lipinski definition) is 4. The molecule has 0 radical (unpaired) electrons. The van der Waals surface area contributed by atoms with Crippen molar-refractivity contribution < 1.29 is 14.6 Å². The number of anilines is 2. The first-order valence-corrected chi connectivity index (χ1v) is 9.19. The number of nitriles is 1. The van der Waals surface area contributed by atoms with Gasteiger partial charge in [-0.2, -0.15) is 10.4 Å². The van der Waals surface area contributed by atoms with Crippen molar-refractivity contribution in [2.24, 2.45) is 0 Å². The molecule has 0 aliphatic carbocycles. The first-order valence-electron chi connectivity index (χ1n) is 9.19. The Balaban J connectivity index is 1.60. The van der Waals surface area contributed by atoms with Crippen molar-refractivity contribution in [2.45, 2.75) is 18.6 Å². The lowest BCUT2D eigenvalue weighted by molar-refractivity contribution is -0.0880. The molecule has 30 heavy (non-hydrogen) atoms. The SMILES string of the molecule is COc1cncc(OC(C)C2(O)CNC2)c1-c1cc(Nc2cnc(C#N)cn2)n[nH]1. The summed E-state index contributed by atoms with van der Waals surface area (Å²) >= 11 is 0. The molecule has 0 amide bonds. The fourth-order valence-corrected chi connectivity index (χ4v) is 3.00. The van der Waals surface area contributed by atoms with E-state index in [-0.39, 0.29) is 5.69 Å². The van der Waals surface area contributed by atoms with E-state index < -0.39 is 11.7 Å². The summed E-state index contributed by atoms with van der Waals surface area (Å²) in [7, 11) is 1.54. The molecule has 0 bridgehead atoms. The van der Waals surface area contributed by atoms with Gasteiger partial charge in [-0.3, -0.25) is 10.1 Å². The summed E-state index contributed by atoms with van der Waals surface area (Å²) in [6.07, 6.45) is 5.51. The van der Waals surface area contributed by atoms with Gasteiger partial charge in [-0.15, -0.1) is 0 Å². The van der Waals surface area contributed by atoms with Crippen LogP contribution in [-0.4, -0.2) is 62.2 Å². The van der Waals surface area contributed by atoms with Crippen LogP contribution in [0.25, 0.3) is 11.3 Å². The molecule has 1 aliphatic heterocycles. The van der Waals surface area contributed by atoms with Gasteiger partial charge in [-0.1, -0.05) is 0 Å². The molecule has 3 aromatic heterocycles. The van der Waals surface area contributed by atoms with E-state index in [0.29, 0.717) is 47.5 Å². The Labute approximate surface area is 172 Å². The van der Waals surface area contributed by atoms with Crippen molar-refractivity contribution in [1.29, 1.82) is 5.26 Å². The molecule has 4 rings (SSSR count). The van der Waals surface area contributed by atoms with Crippen molar-refractivity contribution >= 4 is 11.6 Å². The van der Waals surface area contributed by atoms with Gasteiger partial charge in [0.25, 0.3) is 0 Å². The average molecular weight is 408 g/mol. The zero-order valence-corrected chi connectivity index (χ0v) is 16.4. The fraction of sp³-hybridized carbons (Fsp3) is 0.316. The Hall–Kier alpha value is -3.75. The largest absolute Gasteiger partial charge is 0.494 e. The van der Waals surface area contributed by atoms with Crippen LogP contribution >= 0.6 is 0 Å². The molecular formula is C19H20N8O3. The molecule has 4 N–H and O–H groups in total. The molecule has 1 aliphatic rings. The molecule has 0 saturated carbocycles. The standard InChI is InChI=1S/C19H20N8O3/c1-11(19(28)9-22-10-19)30-15-7-21-6-14(29-2)18(15)13-3-16(27-26-13)25-17-8-23-12(4-20)5-24-17/h3,5-8,11,22,28H,9-10H2,1-2H3,(H2,24,25,26,27). The third kappa shape index (κ3) is 3.73. The Morgan fingerprint density at radius 2 is 2.00 bits per heavy atom. The normalized spacial score (nSPS) is 15.5. The minimum absolute atomic E-state index is 0.226. The highest BCUT2D eigenvalue weighted by Gasteiger charge is 2.42. The number of aromatic nitrogens is 5. The van der Waals surface area contributed by atoms with Gasteiger partial charge < -0.3 is 25.2 Å². The van der Waals surface area contributed by atoms with E-state index in [1.165, 1.54) is 12.4 Å². The number of aromatic amines is 1. The van der Waals surface area contributed by atoms with Crippen LogP contribution in [0.1, 0.15) is 12.6 Å². The van der Waals surface area contributed by atoms with Crippen molar-refractivity contribution in [3.05, 3.63) is 36.5 Å². The summed E-state index contributed by atoms with van der Waals surface area (Å²) in [5.41, 5.74) is 0.542. The summed E-state index contributed by atoms with van der Waals surface area (Å²) < 4.78 is 11.5. The van der Waals surface area contributed by atoms with Crippen molar-refractivity contribution in [1.82, 2.24) is 30.5 Å². The van der Waals surface area contributed by atoms with Crippen LogP contribution in [0.4, 0.5) is 11.6 Å². The Kier molecular flexibility index (Phi) is 5.18. The van der Waals surface area contributed by atoms with E-state index >= 15 is 0 Å². The van der Waals surface area contributed by atoms with Crippen LogP contribution in [0.5, 0.6) is 11.5 Å². The van der Waals surface area contributed by atoms with Crippen LogP contribution in [0, 0.1) is 11.3 Å². The number of nitrogens with zero attached hydrogens (tertiary/aromatic N) is 5. The third-order valence-electron chi connectivity index (χ3n) is 4.89. The number of H-pyrrole nitrogens is 1. The highest BCUT2D eigenvalue weighted by molar-refractivity contribution is 5.75. The van der Waals surface area contributed by atoms with Crippen molar-refractivity contribution in [2.75, 3.05) is 25.5 Å². The van der Waals surface area contributed by atoms with Gasteiger partial charge in [-0.05, 0) is 6.92 Å². The Bertz CT molecular complexity index is 1070. The molecule has 1 unspecified atom stereocenters. The van der Waals surface area contributed by atoms with E-state index in [9.17, 15) is 5.11 Å². The summed E-state index contributed by atoms with van der Waals surface area (Å²) in [5, 5.41) is 32.6. The van der Waals surface area contributed by atoms with Gasteiger partial charge in [0, 0.05) is 19.2 Å². The number of β-amino-alcohol motifs (C(OH)–C–C–N with tert-alkyl or cyclic N) is 1. The first-order chi connectivity index (χ1) is 14.5. The topological polar surface area (TPSA) is 154 Å². The molecule has 3 aromatic rings. The number of nitrogens with one attached hydrogen (secondary N) is 3. The van der Waals surface area contributed by atoms with Crippen LogP contribution in [-0.2, 0) is 0 Å². The minimum atomic E-state index is -0.935. The van der Waals surface area contributed by atoms with Crippen LogP contribution in [0.15, 0.2) is 30.9 Å². The number of hydrogen-bond acceptors (Lipinski definition) is 10. The summed E-state index contributed by atoms with van der Waals surface area (Å²) in [6.45, 7) is 2.74. The van der Waals surface area contributed by atoms with E-state index in [1.54, 1.807) is 25.6 Å². The lowest BCUT2D eigenvalue weighted by atomic mass is 9.91. The first kappa shape index (κ1) is 19.6. The molecule has 0 aromatic carbocycles. The molecule has 1 saturated heterocycles. The second-order valence-corrected chi connectivity index (χ2v) is 6.87. The predicted molar refractivity (Wildman–Crippen MR) is 106 cm³/mol. The summed E-state index contributed by atoms with van der Waals surface area (Å²) in [6, 6.07) is 3.68. The zero-order chi connectivity index (χ0) is 21.1. The average Bonchev–Trinajstić information content (AvgIpc) is 3.20. The molecule has 1 atom stereocenters. The van der Waals surface area contributed by atoms with Gasteiger partial charge in [0.05, 0.1) is 43.2 Å². The second kappa shape index (κ2) is 7.94. The lowest BCUT2D eigenvalue weighted by Crippen LogP contribution is -2.66. The maximum absolute atomic E-state index is 10.5. The number of aliphatic hydroxyl groups is 1. The van der Waals surface area contributed by atoms with E-state index in [2.05, 4.69) is 35.8 Å². The number of rotatable bonds is 7. The molecule has 4 heterocycles. The van der Waals surface area contributed by atoms with Crippen molar-refractivity contribution in [3.63, 3.8) is 0 Å². The van der Waals surface area contributed by atoms with E-state index in [4.69, 9.17) is 14.7 Å². The van der Waals surface area contributed by atoms with Gasteiger partial charge in [0.15, 0.2) is 17.3 Å². The van der Waals surface area contributed by atoms with Crippen LogP contribution in [0.2, 0.25) is 0 Å².